The fraction of sp³-hybridized carbons (Fsp3) is 0.375. The van der Waals surface area contributed by atoms with Crippen LogP contribution in [-0.4, -0.2) is 43.4 Å². The average Bonchev–Trinajstić information content (AvgIpc) is 3.36. The zero-order chi connectivity index (χ0) is 20.9. The average molecular weight is 402 g/mol. The molecule has 4 rings (SSSR count). The number of carbonyl (C=O) groups is 1. The van der Waals surface area contributed by atoms with Crippen LogP contribution in [0.1, 0.15) is 41.9 Å². The molecule has 30 heavy (non-hydrogen) atoms. The van der Waals surface area contributed by atoms with Crippen LogP contribution in [0.2, 0.25) is 0 Å². The molecular weight excluding hydrogens is 374 g/mol. The number of fused-ring (bicyclic) bond motifs is 1. The van der Waals surface area contributed by atoms with Crippen LogP contribution >= 0.6 is 0 Å². The summed E-state index contributed by atoms with van der Waals surface area (Å²) in [6.07, 6.45) is 2.63. The van der Waals surface area contributed by atoms with E-state index in [2.05, 4.69) is 45.5 Å². The van der Waals surface area contributed by atoms with Crippen LogP contribution in [0.5, 0.6) is 0 Å². The molecule has 0 saturated carbocycles. The Bertz CT molecular complexity index is 993. The minimum absolute atomic E-state index is 0.287. The molecule has 2 aromatic carbocycles. The van der Waals surface area contributed by atoms with E-state index in [1.54, 1.807) is 7.05 Å². The number of hydrogen-bond donors (Lipinski definition) is 1. The first-order valence-electron chi connectivity index (χ1n) is 10.5. The van der Waals surface area contributed by atoms with Gasteiger partial charge in [-0.15, -0.1) is 0 Å². The largest absolute Gasteiger partial charge is 0.352 e. The predicted octanol–water partition coefficient (Wildman–Crippen LogP) is 3.25. The molecule has 6 heteroatoms. The first-order chi connectivity index (χ1) is 14.7. The van der Waals surface area contributed by atoms with Gasteiger partial charge in [-0.25, -0.2) is 0 Å². The van der Waals surface area contributed by atoms with Crippen molar-refractivity contribution in [3.05, 3.63) is 65.2 Å². The summed E-state index contributed by atoms with van der Waals surface area (Å²) in [5.74, 6) is 1.48. The van der Waals surface area contributed by atoms with Crippen molar-refractivity contribution in [2.45, 2.75) is 31.7 Å². The lowest BCUT2D eigenvalue weighted by molar-refractivity contribution is -0.127. The third-order valence-electron chi connectivity index (χ3n) is 5.96. The Balaban J connectivity index is 1.45. The van der Waals surface area contributed by atoms with Gasteiger partial charge in [-0.3, -0.25) is 9.79 Å². The number of benzene rings is 2. The van der Waals surface area contributed by atoms with Crippen molar-refractivity contribution in [1.82, 2.24) is 10.2 Å². The Kier molecular flexibility index (Phi) is 5.99. The number of para-hydroxylation sites is 1. The molecule has 2 aliphatic rings. The van der Waals surface area contributed by atoms with E-state index in [1.807, 2.05) is 29.2 Å². The number of carbonyl (C=O) groups excluding carboxylic acids is 1. The minimum atomic E-state index is 0.287. The fourth-order valence-electron chi connectivity index (χ4n) is 4.42. The number of guanidine groups is 1. The SMILES string of the molecule is CN=C(NCc1cccc(C#N)c1)N1CC(CCN2CCCC2=O)c2ccccc21. The summed E-state index contributed by atoms with van der Waals surface area (Å²) < 4.78 is 0. The van der Waals surface area contributed by atoms with Gasteiger partial charge in [0.25, 0.3) is 0 Å². The van der Waals surface area contributed by atoms with Gasteiger partial charge in [-0.05, 0) is 42.2 Å². The zero-order valence-corrected chi connectivity index (χ0v) is 17.3. The number of nitrogens with one attached hydrogen (secondary N) is 1. The summed E-state index contributed by atoms with van der Waals surface area (Å²) >= 11 is 0. The Hall–Kier alpha value is -3.33. The van der Waals surface area contributed by atoms with Crippen LogP contribution in [0, 0.1) is 11.3 Å². The van der Waals surface area contributed by atoms with Gasteiger partial charge in [0.15, 0.2) is 5.96 Å². The molecule has 0 aliphatic carbocycles. The molecule has 1 unspecified atom stereocenters. The molecule has 0 spiro atoms. The van der Waals surface area contributed by atoms with Crippen LogP contribution in [0.3, 0.4) is 0 Å². The van der Waals surface area contributed by atoms with Crippen LogP contribution in [0.15, 0.2) is 53.5 Å². The highest BCUT2D eigenvalue weighted by atomic mass is 16.2. The number of aliphatic imine (C=N–C) groups is 1. The molecule has 0 bridgehead atoms. The van der Waals surface area contributed by atoms with Crippen molar-refractivity contribution in [2.24, 2.45) is 4.99 Å². The number of nitriles is 1. The van der Waals surface area contributed by atoms with E-state index < -0.39 is 0 Å². The van der Waals surface area contributed by atoms with Gasteiger partial charge >= 0.3 is 0 Å². The maximum absolute atomic E-state index is 12.0. The molecule has 1 N–H and O–H groups in total. The molecule has 2 heterocycles. The number of nitrogens with zero attached hydrogens (tertiary/aromatic N) is 4. The van der Waals surface area contributed by atoms with Crippen molar-refractivity contribution >= 4 is 17.6 Å². The predicted molar refractivity (Wildman–Crippen MR) is 118 cm³/mol. The van der Waals surface area contributed by atoms with Crippen molar-refractivity contribution in [3.63, 3.8) is 0 Å². The van der Waals surface area contributed by atoms with E-state index in [-0.39, 0.29) is 5.91 Å². The Morgan fingerprint density at radius 2 is 2.13 bits per heavy atom. The van der Waals surface area contributed by atoms with E-state index >= 15 is 0 Å². The van der Waals surface area contributed by atoms with E-state index in [1.165, 1.54) is 11.3 Å². The highest BCUT2D eigenvalue weighted by Crippen LogP contribution is 2.38. The molecule has 2 aromatic rings. The monoisotopic (exact) mass is 401 g/mol. The van der Waals surface area contributed by atoms with Crippen molar-refractivity contribution < 1.29 is 4.79 Å². The first kappa shape index (κ1) is 20.0. The van der Waals surface area contributed by atoms with Gasteiger partial charge in [0.2, 0.25) is 5.91 Å². The summed E-state index contributed by atoms with van der Waals surface area (Å²) in [7, 11) is 1.80. The highest BCUT2D eigenvalue weighted by molar-refractivity contribution is 5.98. The molecule has 1 saturated heterocycles. The number of hydrogen-bond acceptors (Lipinski definition) is 3. The number of rotatable bonds is 5. The highest BCUT2D eigenvalue weighted by Gasteiger charge is 2.32. The molecule has 154 valence electrons. The second-order valence-electron chi connectivity index (χ2n) is 7.85. The maximum atomic E-state index is 12.0. The quantitative estimate of drug-likeness (QED) is 0.617. The molecular formula is C24H27N5O. The smallest absolute Gasteiger partial charge is 0.222 e. The van der Waals surface area contributed by atoms with Crippen molar-refractivity contribution in [1.29, 1.82) is 5.26 Å². The summed E-state index contributed by atoms with van der Waals surface area (Å²) in [6, 6.07) is 18.3. The third-order valence-corrected chi connectivity index (χ3v) is 5.96. The number of anilines is 1. The molecule has 1 amide bonds. The molecule has 1 fully saturated rings. The van der Waals surface area contributed by atoms with E-state index in [9.17, 15) is 4.79 Å². The number of likely N-dealkylation sites (tertiary alicyclic amines) is 1. The van der Waals surface area contributed by atoms with Crippen molar-refractivity contribution in [3.8, 4) is 6.07 Å². The lowest BCUT2D eigenvalue weighted by Gasteiger charge is -2.23. The topological polar surface area (TPSA) is 71.7 Å². The number of amides is 1. The Morgan fingerprint density at radius 1 is 1.27 bits per heavy atom. The van der Waals surface area contributed by atoms with Crippen LogP contribution in [0.4, 0.5) is 5.69 Å². The summed E-state index contributed by atoms with van der Waals surface area (Å²) in [4.78, 5) is 20.7. The Labute approximate surface area is 177 Å². The van der Waals surface area contributed by atoms with Gasteiger partial charge in [-0.1, -0.05) is 30.3 Å². The second-order valence-corrected chi connectivity index (χ2v) is 7.85. The van der Waals surface area contributed by atoms with Gasteiger partial charge < -0.3 is 15.1 Å². The maximum Gasteiger partial charge on any atom is 0.222 e. The standard InChI is InChI=1S/C24H27N5O/c1-26-24(27-16-19-7-4-6-18(14-19)15-25)29-17-20(21-8-2-3-9-22(21)29)11-13-28-12-5-10-23(28)30/h2-4,6-9,14,20H,5,10-13,16-17H2,1H3,(H,26,27). The van der Waals surface area contributed by atoms with Gasteiger partial charge in [0, 0.05) is 51.3 Å². The molecule has 6 nitrogen and oxygen atoms in total. The Morgan fingerprint density at radius 3 is 2.90 bits per heavy atom. The van der Waals surface area contributed by atoms with Crippen LogP contribution in [0.25, 0.3) is 0 Å². The normalized spacial score (nSPS) is 18.5. The lowest BCUT2D eigenvalue weighted by Crippen LogP contribution is -2.40. The fourth-order valence-corrected chi connectivity index (χ4v) is 4.42. The molecule has 0 aromatic heterocycles. The van der Waals surface area contributed by atoms with Crippen molar-refractivity contribution in [2.75, 3.05) is 31.6 Å². The van der Waals surface area contributed by atoms with E-state index in [0.717, 1.165) is 44.0 Å². The van der Waals surface area contributed by atoms with E-state index in [0.29, 0.717) is 24.4 Å². The molecule has 0 radical (unpaired) electrons. The summed E-state index contributed by atoms with van der Waals surface area (Å²) in [5, 5.41) is 12.6. The molecule has 2 aliphatic heterocycles. The van der Waals surface area contributed by atoms with Crippen LogP contribution in [-0.2, 0) is 11.3 Å². The second kappa shape index (κ2) is 9.00. The van der Waals surface area contributed by atoms with Crippen LogP contribution < -0.4 is 10.2 Å². The molecule has 1 atom stereocenters. The zero-order valence-electron chi connectivity index (χ0n) is 17.3. The first-order valence-corrected chi connectivity index (χ1v) is 10.5. The third kappa shape index (κ3) is 4.16. The minimum Gasteiger partial charge on any atom is -0.352 e. The summed E-state index contributed by atoms with van der Waals surface area (Å²) in [6.45, 7) is 3.16. The van der Waals surface area contributed by atoms with Gasteiger partial charge in [-0.2, -0.15) is 5.26 Å². The van der Waals surface area contributed by atoms with E-state index in [4.69, 9.17) is 5.26 Å². The van der Waals surface area contributed by atoms with Gasteiger partial charge in [0.1, 0.15) is 0 Å². The lowest BCUT2D eigenvalue weighted by atomic mass is 9.98. The van der Waals surface area contributed by atoms with Gasteiger partial charge in [0.05, 0.1) is 11.6 Å². The summed E-state index contributed by atoms with van der Waals surface area (Å²) in [5.41, 5.74) is 4.20.